The highest BCUT2D eigenvalue weighted by Crippen LogP contribution is 2.27. The number of thiazole rings is 1. The summed E-state index contributed by atoms with van der Waals surface area (Å²) in [7, 11) is 5.51. The van der Waals surface area contributed by atoms with Crippen molar-refractivity contribution in [1.29, 1.82) is 0 Å². The summed E-state index contributed by atoms with van der Waals surface area (Å²) in [5.74, 6) is -0.521. The lowest BCUT2D eigenvalue weighted by atomic mass is 10.0. The molecule has 1 aromatic carbocycles. The minimum Gasteiger partial charge on any atom is -0.409 e. The van der Waals surface area contributed by atoms with Crippen LogP contribution in [0.25, 0.3) is 11.3 Å². The smallest absolute Gasteiger partial charge is 0.253 e. The summed E-state index contributed by atoms with van der Waals surface area (Å²) in [5, 5.41) is 7.67. The molecule has 3 rings (SSSR count). The van der Waals surface area contributed by atoms with E-state index in [4.69, 9.17) is 7.98 Å². The van der Waals surface area contributed by atoms with Gasteiger partial charge in [0, 0.05) is 23.6 Å². The lowest BCUT2D eigenvalue weighted by Crippen LogP contribution is -2.32. The Morgan fingerprint density at radius 1 is 1.22 bits per heavy atom. The Balaban J connectivity index is 0.000000493. The fourth-order valence-corrected chi connectivity index (χ4v) is 4.05. The topological polar surface area (TPSA) is 76.0 Å². The monoisotopic (exact) mass is 514 g/mol. The number of amides is 2. The number of nitrogens with one attached hydrogen (secondary N) is 2. The number of halogens is 2. The summed E-state index contributed by atoms with van der Waals surface area (Å²) in [6, 6.07) is 7.89. The average Bonchev–Trinajstić information content (AvgIpc) is 3.48. The van der Waals surface area contributed by atoms with Gasteiger partial charge in [-0.15, -0.1) is 11.3 Å². The molecule has 2 N–H and O–H groups in total. The van der Waals surface area contributed by atoms with Crippen LogP contribution in [0.1, 0.15) is 61.5 Å². The molecular weight excluding hydrogens is 481 g/mol. The zero-order valence-electron chi connectivity index (χ0n) is 21.2. The van der Waals surface area contributed by atoms with Gasteiger partial charge in [-0.3, -0.25) is 9.59 Å². The number of alkyl halides is 2. The molecule has 6 nitrogen and oxygen atoms in total. The van der Waals surface area contributed by atoms with E-state index in [-0.39, 0.29) is 30.7 Å². The van der Waals surface area contributed by atoms with Gasteiger partial charge in [0.15, 0.2) is 5.13 Å². The van der Waals surface area contributed by atoms with Crippen molar-refractivity contribution >= 4 is 36.3 Å². The minimum atomic E-state index is -2.12. The number of anilines is 1. The van der Waals surface area contributed by atoms with E-state index in [1.165, 1.54) is 33.1 Å². The molecule has 2 heterocycles. The van der Waals surface area contributed by atoms with E-state index in [9.17, 15) is 18.4 Å². The van der Waals surface area contributed by atoms with Crippen molar-refractivity contribution in [2.24, 2.45) is 5.92 Å². The quantitative estimate of drug-likeness (QED) is 0.333. The van der Waals surface area contributed by atoms with Crippen LogP contribution in [0.2, 0.25) is 0 Å². The first kappa shape index (κ1) is 29.2. The van der Waals surface area contributed by atoms with E-state index in [1.807, 2.05) is 19.2 Å². The highest BCUT2D eigenvalue weighted by molar-refractivity contribution is 7.14. The van der Waals surface area contributed by atoms with Gasteiger partial charge < -0.3 is 15.1 Å². The number of nitrogens with zero attached hydrogens (tertiary/aromatic N) is 2. The van der Waals surface area contributed by atoms with Gasteiger partial charge in [-0.05, 0) is 48.7 Å². The number of carbonyl (C=O) groups is 2. The van der Waals surface area contributed by atoms with Crippen LogP contribution in [0.4, 0.5) is 13.9 Å². The van der Waals surface area contributed by atoms with Crippen LogP contribution in [0.15, 0.2) is 42.0 Å². The second-order valence-corrected chi connectivity index (χ2v) is 9.51. The molecule has 1 unspecified atom stereocenters. The van der Waals surface area contributed by atoms with Gasteiger partial charge in [0.1, 0.15) is 0 Å². The fourth-order valence-electron chi connectivity index (χ4n) is 3.31. The van der Waals surface area contributed by atoms with E-state index < -0.39 is 6.43 Å². The summed E-state index contributed by atoms with van der Waals surface area (Å²) in [5.41, 5.74) is 4.82. The maximum Gasteiger partial charge on any atom is 0.253 e. The average molecular weight is 514 g/mol. The Hall–Kier alpha value is -3.01. The van der Waals surface area contributed by atoms with Gasteiger partial charge in [0.05, 0.1) is 17.8 Å². The third kappa shape index (κ3) is 9.56. The maximum absolute atomic E-state index is 12.1. The first-order valence-electron chi connectivity index (χ1n) is 12.0. The molecule has 2 aromatic heterocycles. The predicted molar refractivity (Wildman–Crippen MR) is 143 cm³/mol. The molecule has 2 amide bonds. The fraction of sp³-hybridized carbons (Fsp3) is 0.423. The second-order valence-electron chi connectivity index (χ2n) is 8.65. The van der Waals surface area contributed by atoms with E-state index in [1.54, 1.807) is 12.3 Å². The van der Waals surface area contributed by atoms with Crippen molar-refractivity contribution in [2.45, 2.75) is 59.8 Å². The summed E-state index contributed by atoms with van der Waals surface area (Å²) in [4.78, 5) is 28.5. The van der Waals surface area contributed by atoms with E-state index in [2.05, 4.69) is 47.7 Å². The van der Waals surface area contributed by atoms with E-state index in [0.29, 0.717) is 10.7 Å². The molecular formula is C26H33BF2N4O2S. The standard InChI is InChI=1S/C20H21BN4O2S.C6H12F2/c1-3-4-14-5-6-15(9-13(14)2)17-12-28-20(23-17)24-18(26)10-22-19(27)16-7-8-25(21)11-16;1-3-5(2)4-6(7)8/h5-9,11-12H,3-4,10H2,1-2H3,(H,22,27)(H,23,24,26);5-6H,3-4H2,1-2H3. The Morgan fingerprint density at radius 3 is 2.53 bits per heavy atom. The number of aryl methyl sites for hydroxylation is 2. The highest BCUT2D eigenvalue weighted by Gasteiger charge is 2.12. The van der Waals surface area contributed by atoms with Crippen LogP contribution in [0.5, 0.6) is 0 Å². The number of hydrogen-bond acceptors (Lipinski definition) is 4. The van der Waals surface area contributed by atoms with Crippen LogP contribution in [0, 0.1) is 12.8 Å². The molecule has 0 spiro atoms. The predicted octanol–water partition coefficient (Wildman–Crippen LogP) is 5.86. The first-order valence-corrected chi connectivity index (χ1v) is 12.9. The molecule has 1 atom stereocenters. The van der Waals surface area contributed by atoms with Crippen LogP contribution >= 0.6 is 11.3 Å². The Labute approximate surface area is 217 Å². The summed E-state index contributed by atoms with van der Waals surface area (Å²) in [6.45, 7) is 7.89. The summed E-state index contributed by atoms with van der Waals surface area (Å²) < 4.78 is 24.2. The second kappa shape index (κ2) is 14.5. The third-order valence-corrected chi connectivity index (χ3v) is 6.33. The van der Waals surface area contributed by atoms with Crippen LogP contribution < -0.4 is 10.6 Å². The molecule has 192 valence electrons. The summed E-state index contributed by atoms with van der Waals surface area (Å²) in [6.07, 6.45) is 4.00. The SMILES string of the molecule is CCC(C)CC(F)F.[B]n1ccc(C(=O)NCC(=O)Nc2nc(-c3ccc(CCC)c(C)c3)cs2)c1. The van der Waals surface area contributed by atoms with Crippen LogP contribution in [-0.4, -0.2) is 42.2 Å². The first-order chi connectivity index (χ1) is 17.1. The van der Waals surface area contributed by atoms with Crippen molar-refractivity contribution in [3.8, 4) is 11.3 Å². The summed E-state index contributed by atoms with van der Waals surface area (Å²) >= 11 is 1.35. The van der Waals surface area contributed by atoms with Crippen molar-refractivity contribution in [3.63, 3.8) is 0 Å². The molecule has 10 heteroatoms. The third-order valence-electron chi connectivity index (χ3n) is 5.57. The van der Waals surface area contributed by atoms with Gasteiger partial charge in [0.2, 0.25) is 20.3 Å². The highest BCUT2D eigenvalue weighted by atomic mass is 32.1. The van der Waals surface area contributed by atoms with Gasteiger partial charge in [-0.25, -0.2) is 13.8 Å². The van der Waals surface area contributed by atoms with Crippen LogP contribution in [-0.2, 0) is 11.2 Å². The Bertz CT molecular complexity index is 1130. The molecule has 36 heavy (non-hydrogen) atoms. The van der Waals surface area contributed by atoms with Crippen molar-refractivity contribution in [3.05, 3.63) is 58.7 Å². The van der Waals surface area contributed by atoms with E-state index >= 15 is 0 Å². The Morgan fingerprint density at radius 2 is 1.97 bits per heavy atom. The number of carbonyl (C=O) groups excluding carboxylic acids is 2. The minimum absolute atomic E-state index is 0.0521. The molecule has 0 aliphatic heterocycles. The zero-order valence-corrected chi connectivity index (χ0v) is 22.0. The van der Waals surface area contributed by atoms with Crippen molar-refractivity contribution in [1.82, 2.24) is 14.8 Å². The number of aromatic nitrogens is 2. The van der Waals surface area contributed by atoms with Gasteiger partial charge in [-0.2, -0.15) is 0 Å². The van der Waals surface area contributed by atoms with E-state index in [0.717, 1.165) is 30.5 Å². The molecule has 0 fully saturated rings. The lowest BCUT2D eigenvalue weighted by molar-refractivity contribution is -0.115. The normalized spacial score (nSPS) is 11.5. The number of rotatable bonds is 10. The lowest BCUT2D eigenvalue weighted by Gasteiger charge is -2.06. The molecule has 3 aromatic rings. The molecule has 0 saturated heterocycles. The van der Waals surface area contributed by atoms with Gasteiger partial charge in [-0.1, -0.05) is 45.7 Å². The zero-order chi connectivity index (χ0) is 26.7. The van der Waals surface area contributed by atoms with Gasteiger partial charge in [0.25, 0.3) is 5.91 Å². The molecule has 0 aliphatic carbocycles. The molecule has 2 radical (unpaired) electrons. The van der Waals surface area contributed by atoms with Crippen molar-refractivity contribution < 1.29 is 18.4 Å². The largest absolute Gasteiger partial charge is 0.409 e. The molecule has 0 saturated carbocycles. The molecule has 0 aliphatic rings. The van der Waals surface area contributed by atoms with Crippen LogP contribution in [0.3, 0.4) is 0 Å². The number of hydrogen-bond donors (Lipinski definition) is 2. The van der Waals surface area contributed by atoms with Gasteiger partial charge >= 0.3 is 0 Å². The molecule has 0 bridgehead atoms. The number of benzene rings is 1. The van der Waals surface area contributed by atoms with Crippen molar-refractivity contribution in [2.75, 3.05) is 11.9 Å². The Kier molecular flexibility index (Phi) is 11.8. The maximum atomic E-state index is 12.1.